The van der Waals surface area contributed by atoms with Crippen molar-refractivity contribution in [2.45, 2.75) is 13.1 Å². The van der Waals surface area contributed by atoms with Gasteiger partial charge in [0.2, 0.25) is 5.75 Å². The summed E-state index contributed by atoms with van der Waals surface area (Å²) in [4.78, 5) is 22.6. The summed E-state index contributed by atoms with van der Waals surface area (Å²) in [5.41, 5.74) is -0.679. The Bertz CT molecular complexity index is 1390. The van der Waals surface area contributed by atoms with Gasteiger partial charge in [-0.05, 0) is 42.3 Å². The lowest BCUT2D eigenvalue weighted by Gasteiger charge is -2.14. The number of rotatable bonds is 4. The number of halogens is 3. The molecule has 9 heteroatoms. The average Bonchev–Trinajstić information content (AvgIpc) is 2.72. The maximum atomic E-state index is 13.0. The molecule has 0 fully saturated rings. The number of nitrogens with zero attached hydrogens (tertiary/aromatic N) is 1. The van der Waals surface area contributed by atoms with Crippen molar-refractivity contribution in [1.82, 2.24) is 0 Å². The Labute approximate surface area is 178 Å². The van der Waals surface area contributed by atoms with Gasteiger partial charge in [0.05, 0.1) is 15.9 Å². The number of nitro benzene ring substituents is 1. The zero-order valence-electron chi connectivity index (χ0n) is 16.5. The third-order valence-corrected chi connectivity index (χ3v) is 4.74. The lowest BCUT2D eigenvalue weighted by atomic mass is 10.0. The fraction of sp³-hybridized carbons (Fsp3) is 0.0870. The quantitative estimate of drug-likeness (QED) is 0.205. The van der Waals surface area contributed by atoms with E-state index >= 15 is 0 Å². The van der Waals surface area contributed by atoms with E-state index in [0.717, 1.165) is 6.07 Å². The van der Waals surface area contributed by atoms with E-state index in [1.54, 1.807) is 49.4 Å². The monoisotopic (exact) mass is 441 g/mol. The van der Waals surface area contributed by atoms with Crippen molar-refractivity contribution in [3.8, 4) is 22.6 Å². The molecule has 3 aromatic carbocycles. The van der Waals surface area contributed by atoms with E-state index in [9.17, 15) is 28.1 Å². The zero-order chi connectivity index (χ0) is 23.0. The molecule has 4 rings (SSSR count). The Morgan fingerprint density at radius 3 is 2.34 bits per heavy atom. The average molecular weight is 441 g/mol. The molecule has 0 aliphatic rings. The maximum Gasteiger partial charge on any atom is 0.416 e. The number of benzene rings is 3. The molecular weight excluding hydrogens is 427 g/mol. The lowest BCUT2D eigenvalue weighted by molar-refractivity contribution is -0.385. The van der Waals surface area contributed by atoms with Crippen molar-refractivity contribution in [3.05, 3.63) is 98.4 Å². The van der Waals surface area contributed by atoms with Crippen LogP contribution in [-0.2, 0) is 6.18 Å². The molecule has 0 bridgehead atoms. The normalized spacial score (nSPS) is 11.5. The van der Waals surface area contributed by atoms with Gasteiger partial charge >= 0.3 is 17.5 Å². The third kappa shape index (κ3) is 4.04. The first-order chi connectivity index (χ1) is 15.1. The Morgan fingerprint density at radius 1 is 0.969 bits per heavy atom. The van der Waals surface area contributed by atoms with Crippen LogP contribution >= 0.6 is 0 Å². The number of ether oxygens (including phenoxy) is 1. The van der Waals surface area contributed by atoms with Crippen LogP contribution in [0.5, 0.6) is 11.5 Å². The minimum absolute atomic E-state index is 0.102. The second-order valence-corrected chi connectivity index (χ2v) is 7.02. The lowest BCUT2D eigenvalue weighted by Crippen LogP contribution is -2.06. The van der Waals surface area contributed by atoms with E-state index in [-0.39, 0.29) is 17.1 Å². The Morgan fingerprint density at radius 2 is 1.69 bits per heavy atom. The van der Waals surface area contributed by atoms with Crippen LogP contribution in [0.3, 0.4) is 0 Å². The molecule has 0 atom stereocenters. The maximum absolute atomic E-state index is 13.0. The Balaban J connectivity index is 1.95. The summed E-state index contributed by atoms with van der Waals surface area (Å²) in [6, 6.07) is 15.3. The van der Waals surface area contributed by atoms with E-state index < -0.39 is 28.0 Å². The summed E-state index contributed by atoms with van der Waals surface area (Å²) >= 11 is 0. The molecule has 0 saturated carbocycles. The molecule has 1 aromatic heterocycles. The van der Waals surface area contributed by atoms with Gasteiger partial charge < -0.3 is 9.15 Å². The SMILES string of the molecule is Cc1cc(Oc2ccc(C(F)(F)F)cc2[N+](=O)[O-])c2c(-c3ccccc3)cc(=O)oc2c1. The molecule has 0 aliphatic carbocycles. The van der Waals surface area contributed by atoms with Crippen molar-refractivity contribution >= 4 is 16.7 Å². The fourth-order valence-electron chi connectivity index (χ4n) is 3.36. The number of fused-ring (bicyclic) bond motifs is 1. The highest BCUT2D eigenvalue weighted by Crippen LogP contribution is 2.41. The number of hydrogen-bond donors (Lipinski definition) is 0. The molecule has 1 heterocycles. The van der Waals surface area contributed by atoms with Gasteiger partial charge in [-0.3, -0.25) is 10.1 Å². The van der Waals surface area contributed by atoms with Crippen LogP contribution in [0.25, 0.3) is 22.1 Å². The highest BCUT2D eigenvalue weighted by molar-refractivity contribution is 5.98. The summed E-state index contributed by atoms with van der Waals surface area (Å²) in [6.07, 6.45) is -4.75. The minimum atomic E-state index is -4.75. The zero-order valence-corrected chi connectivity index (χ0v) is 16.5. The van der Waals surface area contributed by atoms with Crippen LogP contribution in [0.4, 0.5) is 18.9 Å². The Kier molecular flexibility index (Phi) is 5.17. The van der Waals surface area contributed by atoms with Crippen LogP contribution in [0.2, 0.25) is 0 Å². The van der Waals surface area contributed by atoms with Gasteiger partial charge in [0.1, 0.15) is 11.3 Å². The van der Waals surface area contributed by atoms with E-state index in [1.807, 2.05) is 0 Å². The van der Waals surface area contributed by atoms with Crippen molar-refractivity contribution in [2.24, 2.45) is 0 Å². The first-order valence-electron chi connectivity index (χ1n) is 9.31. The summed E-state index contributed by atoms with van der Waals surface area (Å²) in [7, 11) is 0. The summed E-state index contributed by atoms with van der Waals surface area (Å²) in [5, 5.41) is 11.8. The second-order valence-electron chi connectivity index (χ2n) is 7.02. The molecule has 0 unspecified atom stereocenters. The summed E-state index contributed by atoms with van der Waals surface area (Å²) in [5.74, 6) is -0.273. The topological polar surface area (TPSA) is 82.6 Å². The molecule has 4 aromatic rings. The standard InChI is InChI=1S/C23H14F3NO5/c1-13-9-19(31-18-8-7-15(23(24,25)26)11-17(18)27(29)30)22-16(14-5-3-2-4-6-14)12-21(28)32-20(22)10-13/h2-12H,1H3. The first kappa shape index (κ1) is 21.1. The summed E-state index contributed by atoms with van der Waals surface area (Å²) in [6.45, 7) is 1.70. The van der Waals surface area contributed by atoms with Crippen LogP contribution in [0.1, 0.15) is 11.1 Å². The largest absolute Gasteiger partial charge is 0.449 e. The Hall–Kier alpha value is -4.14. The van der Waals surface area contributed by atoms with E-state index in [2.05, 4.69) is 0 Å². The molecule has 6 nitrogen and oxygen atoms in total. The van der Waals surface area contributed by atoms with Gasteiger partial charge in [0.15, 0.2) is 0 Å². The van der Waals surface area contributed by atoms with Gasteiger partial charge in [-0.15, -0.1) is 0 Å². The smallest absolute Gasteiger partial charge is 0.416 e. The first-order valence-corrected chi connectivity index (χ1v) is 9.31. The minimum Gasteiger partial charge on any atom is -0.449 e. The molecule has 32 heavy (non-hydrogen) atoms. The molecule has 0 N–H and O–H groups in total. The van der Waals surface area contributed by atoms with Crippen molar-refractivity contribution in [3.63, 3.8) is 0 Å². The molecule has 0 spiro atoms. The number of alkyl halides is 3. The van der Waals surface area contributed by atoms with Gasteiger partial charge in [-0.1, -0.05) is 30.3 Å². The molecule has 0 saturated heterocycles. The molecule has 162 valence electrons. The highest BCUT2D eigenvalue weighted by Gasteiger charge is 2.33. The van der Waals surface area contributed by atoms with Gasteiger partial charge in [0.25, 0.3) is 0 Å². The molecular formula is C23H14F3NO5. The molecule has 0 amide bonds. The van der Waals surface area contributed by atoms with Crippen LogP contribution in [0.15, 0.2) is 75.9 Å². The van der Waals surface area contributed by atoms with Gasteiger partial charge in [-0.25, -0.2) is 4.79 Å². The molecule has 0 radical (unpaired) electrons. The van der Waals surface area contributed by atoms with Gasteiger partial charge in [0, 0.05) is 17.7 Å². The number of hydrogen-bond acceptors (Lipinski definition) is 5. The predicted octanol–water partition coefficient (Wildman–Crippen LogP) is 6.49. The summed E-state index contributed by atoms with van der Waals surface area (Å²) < 4.78 is 50.1. The second kappa shape index (κ2) is 7.84. The van der Waals surface area contributed by atoms with Crippen LogP contribution < -0.4 is 10.4 Å². The van der Waals surface area contributed by atoms with Crippen molar-refractivity contribution < 1.29 is 27.2 Å². The highest BCUT2D eigenvalue weighted by atomic mass is 19.4. The van der Waals surface area contributed by atoms with Crippen molar-refractivity contribution in [1.29, 1.82) is 0 Å². The van der Waals surface area contributed by atoms with E-state index in [0.29, 0.717) is 34.2 Å². The fourth-order valence-corrected chi connectivity index (χ4v) is 3.36. The molecule has 0 aliphatic heterocycles. The van der Waals surface area contributed by atoms with Gasteiger partial charge in [-0.2, -0.15) is 13.2 Å². The van der Waals surface area contributed by atoms with Crippen LogP contribution in [-0.4, -0.2) is 4.92 Å². The van der Waals surface area contributed by atoms with E-state index in [4.69, 9.17) is 9.15 Å². The van der Waals surface area contributed by atoms with Crippen molar-refractivity contribution in [2.75, 3.05) is 0 Å². The predicted molar refractivity (Wildman–Crippen MR) is 111 cm³/mol. The van der Waals surface area contributed by atoms with E-state index in [1.165, 1.54) is 6.07 Å². The number of aryl methyl sites for hydroxylation is 1. The third-order valence-electron chi connectivity index (χ3n) is 4.74. The van der Waals surface area contributed by atoms with Crippen LogP contribution in [0, 0.1) is 17.0 Å². The number of nitro groups is 1.